The van der Waals surface area contributed by atoms with Gasteiger partial charge in [-0.1, -0.05) is 110 Å². The van der Waals surface area contributed by atoms with Gasteiger partial charge in [0.1, 0.15) is 0 Å². The van der Waals surface area contributed by atoms with Crippen LogP contribution in [-0.4, -0.2) is 11.7 Å². The molecule has 0 fully saturated rings. The lowest BCUT2D eigenvalue weighted by Crippen LogP contribution is -2.56. The van der Waals surface area contributed by atoms with Crippen LogP contribution < -0.4 is 16.4 Å². The van der Waals surface area contributed by atoms with Crippen LogP contribution in [0.4, 0.5) is 0 Å². The molecule has 4 aromatic rings. The number of rotatable bonds is 4. The third-order valence-corrected chi connectivity index (χ3v) is 6.24. The van der Waals surface area contributed by atoms with Gasteiger partial charge < -0.3 is 0 Å². The Labute approximate surface area is 187 Å². The average Bonchev–Trinajstić information content (AvgIpc) is 2.72. The fraction of sp³-hybridized carbons (Fsp3) is 0.207. The summed E-state index contributed by atoms with van der Waals surface area (Å²) in [5, 5.41) is 0. The summed E-state index contributed by atoms with van der Waals surface area (Å²) in [6.07, 6.45) is 2.07. The highest BCUT2D eigenvalue weighted by molar-refractivity contribution is 6.96. The fourth-order valence-electron chi connectivity index (χ4n) is 5.13. The van der Waals surface area contributed by atoms with E-state index in [-0.39, 0.29) is 6.71 Å². The molecule has 4 rings (SSSR count). The molecule has 0 aliphatic rings. The SMILES string of the molecule is Cc1cc(C)c(B(c2ccc(-c3ccccc3)nc2)c2c(C)cc(C)cc2C)c(C)c1. The number of hydrogen-bond donors (Lipinski definition) is 0. The van der Waals surface area contributed by atoms with Gasteiger partial charge in [-0.05, 0) is 47.6 Å². The summed E-state index contributed by atoms with van der Waals surface area (Å²) in [5.74, 6) is 0. The van der Waals surface area contributed by atoms with E-state index >= 15 is 0 Å². The molecule has 0 bridgehead atoms. The molecular formula is C29H30BN. The Kier molecular flexibility index (Phi) is 5.82. The van der Waals surface area contributed by atoms with Gasteiger partial charge in [-0.25, -0.2) is 0 Å². The van der Waals surface area contributed by atoms with Crippen molar-refractivity contribution in [1.82, 2.24) is 4.98 Å². The number of aromatic nitrogens is 1. The van der Waals surface area contributed by atoms with E-state index in [1.54, 1.807) is 0 Å². The van der Waals surface area contributed by atoms with Gasteiger partial charge in [0.25, 0.3) is 0 Å². The lowest BCUT2D eigenvalue weighted by Gasteiger charge is -2.24. The van der Waals surface area contributed by atoms with E-state index in [1.165, 1.54) is 49.8 Å². The maximum atomic E-state index is 4.87. The van der Waals surface area contributed by atoms with E-state index in [1.807, 2.05) is 6.07 Å². The first-order valence-electron chi connectivity index (χ1n) is 11.0. The zero-order valence-electron chi connectivity index (χ0n) is 19.5. The number of hydrogen-bond acceptors (Lipinski definition) is 1. The second-order valence-electron chi connectivity index (χ2n) is 8.90. The largest absolute Gasteiger partial charge is 0.257 e. The molecule has 1 nitrogen and oxygen atoms in total. The first-order valence-corrected chi connectivity index (χ1v) is 11.0. The predicted octanol–water partition coefficient (Wildman–Crippen LogP) is 5.12. The first-order chi connectivity index (χ1) is 14.8. The fourth-order valence-corrected chi connectivity index (χ4v) is 5.13. The van der Waals surface area contributed by atoms with Gasteiger partial charge in [0.2, 0.25) is 6.71 Å². The quantitative estimate of drug-likeness (QED) is 0.431. The van der Waals surface area contributed by atoms with Gasteiger partial charge in [0.15, 0.2) is 0 Å². The number of benzene rings is 3. The molecule has 0 radical (unpaired) electrons. The van der Waals surface area contributed by atoms with Crippen LogP contribution in [0.3, 0.4) is 0 Å². The Balaban J connectivity index is 1.92. The normalized spacial score (nSPS) is 10.9. The van der Waals surface area contributed by atoms with E-state index in [9.17, 15) is 0 Å². The molecule has 0 aliphatic heterocycles. The molecular weight excluding hydrogens is 373 g/mol. The van der Waals surface area contributed by atoms with Crippen molar-refractivity contribution in [1.29, 1.82) is 0 Å². The van der Waals surface area contributed by atoms with Crippen LogP contribution in [0.5, 0.6) is 0 Å². The Morgan fingerprint density at radius 3 is 1.48 bits per heavy atom. The molecule has 31 heavy (non-hydrogen) atoms. The molecule has 0 saturated carbocycles. The monoisotopic (exact) mass is 403 g/mol. The van der Waals surface area contributed by atoms with Crippen LogP contribution in [0.2, 0.25) is 0 Å². The van der Waals surface area contributed by atoms with Gasteiger partial charge >= 0.3 is 0 Å². The minimum Gasteiger partial charge on any atom is -0.257 e. The van der Waals surface area contributed by atoms with E-state index in [2.05, 4.69) is 108 Å². The molecule has 0 spiro atoms. The van der Waals surface area contributed by atoms with Gasteiger partial charge in [0.05, 0.1) is 5.69 Å². The summed E-state index contributed by atoms with van der Waals surface area (Å²) < 4.78 is 0. The first kappa shape index (κ1) is 21.1. The standard InChI is InChI=1S/C29H30BN/c1-19-14-21(3)28(22(4)15-19)30(29-23(5)16-20(2)17-24(29)6)26-12-13-27(31-18-26)25-10-8-7-9-11-25/h7-18H,1-6H3. The van der Waals surface area contributed by atoms with Crippen molar-refractivity contribution < 1.29 is 0 Å². The minimum atomic E-state index is 0.165. The van der Waals surface area contributed by atoms with Gasteiger partial charge in [-0.3, -0.25) is 4.98 Å². The summed E-state index contributed by atoms with van der Waals surface area (Å²) in [6, 6.07) is 24.0. The second kappa shape index (κ2) is 8.55. The van der Waals surface area contributed by atoms with Crippen molar-refractivity contribution in [2.45, 2.75) is 41.5 Å². The zero-order chi connectivity index (χ0) is 22.1. The van der Waals surface area contributed by atoms with Crippen molar-refractivity contribution >= 4 is 23.1 Å². The molecule has 0 atom stereocenters. The maximum absolute atomic E-state index is 4.87. The Morgan fingerprint density at radius 1 is 0.581 bits per heavy atom. The van der Waals surface area contributed by atoms with Crippen molar-refractivity contribution in [2.24, 2.45) is 0 Å². The molecule has 2 heteroatoms. The Morgan fingerprint density at radius 2 is 1.06 bits per heavy atom. The lowest BCUT2D eigenvalue weighted by atomic mass is 9.34. The molecule has 1 heterocycles. The Hall–Kier alpha value is -3.13. The summed E-state index contributed by atoms with van der Waals surface area (Å²) in [6.45, 7) is 13.5. The molecule has 0 aliphatic carbocycles. The summed E-state index contributed by atoms with van der Waals surface area (Å²) in [4.78, 5) is 4.87. The van der Waals surface area contributed by atoms with E-state index < -0.39 is 0 Å². The molecule has 0 unspecified atom stereocenters. The topological polar surface area (TPSA) is 12.9 Å². The number of aryl methyl sites for hydroxylation is 6. The van der Waals surface area contributed by atoms with E-state index in [0.29, 0.717) is 0 Å². The molecule has 0 amide bonds. The van der Waals surface area contributed by atoms with E-state index in [0.717, 1.165) is 11.3 Å². The smallest absolute Gasteiger partial charge is 0.244 e. The average molecular weight is 403 g/mol. The second-order valence-corrected chi connectivity index (χ2v) is 8.90. The van der Waals surface area contributed by atoms with E-state index in [4.69, 9.17) is 4.98 Å². The summed E-state index contributed by atoms with van der Waals surface area (Å²) >= 11 is 0. The summed E-state index contributed by atoms with van der Waals surface area (Å²) in [7, 11) is 0. The number of pyridine rings is 1. The highest BCUT2D eigenvalue weighted by Crippen LogP contribution is 2.16. The third-order valence-electron chi connectivity index (χ3n) is 6.24. The van der Waals surface area contributed by atoms with Crippen LogP contribution in [-0.2, 0) is 0 Å². The van der Waals surface area contributed by atoms with Crippen molar-refractivity contribution in [2.75, 3.05) is 0 Å². The minimum absolute atomic E-state index is 0.165. The van der Waals surface area contributed by atoms with Crippen LogP contribution in [0, 0.1) is 41.5 Å². The van der Waals surface area contributed by atoms with Gasteiger partial charge in [-0.2, -0.15) is 0 Å². The lowest BCUT2D eigenvalue weighted by molar-refractivity contribution is 1.33. The predicted molar refractivity (Wildman–Crippen MR) is 136 cm³/mol. The number of nitrogens with zero attached hydrogens (tertiary/aromatic N) is 1. The third kappa shape index (κ3) is 4.21. The van der Waals surface area contributed by atoms with Crippen LogP contribution >= 0.6 is 0 Å². The highest BCUT2D eigenvalue weighted by atomic mass is 14.7. The molecule has 154 valence electrons. The summed E-state index contributed by atoms with van der Waals surface area (Å²) in [5.41, 5.74) is 14.2. The molecule has 0 saturated heterocycles. The highest BCUT2D eigenvalue weighted by Gasteiger charge is 2.28. The zero-order valence-corrected chi connectivity index (χ0v) is 19.5. The maximum Gasteiger partial charge on any atom is 0.244 e. The van der Waals surface area contributed by atoms with Crippen molar-refractivity contribution in [3.05, 3.63) is 106 Å². The van der Waals surface area contributed by atoms with Crippen LogP contribution in [0.1, 0.15) is 33.4 Å². The molecule has 1 aromatic heterocycles. The van der Waals surface area contributed by atoms with Crippen molar-refractivity contribution in [3.8, 4) is 11.3 Å². The van der Waals surface area contributed by atoms with Gasteiger partial charge in [-0.15, -0.1) is 0 Å². The molecule has 0 N–H and O–H groups in total. The van der Waals surface area contributed by atoms with Crippen LogP contribution in [0.25, 0.3) is 11.3 Å². The molecule has 3 aromatic carbocycles. The van der Waals surface area contributed by atoms with Gasteiger partial charge in [0, 0.05) is 11.8 Å². The van der Waals surface area contributed by atoms with Crippen molar-refractivity contribution in [3.63, 3.8) is 0 Å². The Bertz CT molecular complexity index is 1120. The van der Waals surface area contributed by atoms with Crippen LogP contribution in [0.15, 0.2) is 72.9 Å².